The van der Waals surface area contributed by atoms with Gasteiger partial charge in [0.2, 0.25) is 17.7 Å². The van der Waals surface area contributed by atoms with Crippen molar-refractivity contribution in [2.75, 3.05) is 4.90 Å². The van der Waals surface area contributed by atoms with Crippen LogP contribution in [-0.4, -0.2) is 17.7 Å². The zero-order valence-electron chi connectivity index (χ0n) is 13.2. The van der Waals surface area contributed by atoms with Gasteiger partial charge in [-0.1, -0.05) is 34.8 Å². The van der Waals surface area contributed by atoms with E-state index in [0.29, 0.717) is 31.9 Å². The van der Waals surface area contributed by atoms with Gasteiger partial charge in [-0.3, -0.25) is 19.7 Å². The highest BCUT2D eigenvalue weighted by Crippen LogP contribution is 2.47. The Balaban J connectivity index is 1.84. The third-order valence-corrected chi connectivity index (χ3v) is 5.32. The van der Waals surface area contributed by atoms with Crippen LogP contribution in [0.4, 0.5) is 5.69 Å². The molecule has 0 aliphatic carbocycles. The van der Waals surface area contributed by atoms with Gasteiger partial charge in [-0.25, -0.2) is 0 Å². The summed E-state index contributed by atoms with van der Waals surface area (Å²) in [5, 5.41) is 3.50. The van der Waals surface area contributed by atoms with E-state index in [4.69, 9.17) is 34.8 Å². The maximum absolute atomic E-state index is 13.2. The smallest absolute Gasteiger partial charge is 0.248 e. The van der Waals surface area contributed by atoms with Crippen molar-refractivity contribution in [2.45, 2.75) is 18.4 Å². The highest BCUT2D eigenvalue weighted by molar-refractivity contribution is 6.35. The number of nitrogens with one attached hydrogen (secondary N) is 1. The number of amides is 3. The number of halogens is 3. The fourth-order valence-corrected chi connectivity index (χ4v) is 4.31. The minimum atomic E-state index is -1.57. The molecule has 132 valence electrons. The number of carbonyl (C=O) groups is 3. The van der Waals surface area contributed by atoms with Crippen LogP contribution in [0.25, 0.3) is 0 Å². The molecule has 8 heteroatoms. The number of hydrogen-bond acceptors (Lipinski definition) is 3. The predicted molar refractivity (Wildman–Crippen MR) is 98.5 cm³/mol. The quantitative estimate of drug-likeness (QED) is 0.610. The molecule has 3 amide bonds. The molecule has 1 fully saturated rings. The molecule has 1 N–H and O–H groups in total. The van der Waals surface area contributed by atoms with E-state index in [-0.39, 0.29) is 13.0 Å². The second-order valence-electron chi connectivity index (χ2n) is 6.29. The van der Waals surface area contributed by atoms with Crippen LogP contribution in [0.2, 0.25) is 15.1 Å². The van der Waals surface area contributed by atoms with Gasteiger partial charge in [-0.05, 0) is 42.0 Å². The molecule has 2 heterocycles. The Labute approximate surface area is 163 Å². The number of rotatable bonds is 2. The molecule has 5 nitrogen and oxygen atoms in total. The van der Waals surface area contributed by atoms with Crippen LogP contribution in [0.1, 0.15) is 17.5 Å². The van der Waals surface area contributed by atoms with E-state index < -0.39 is 23.1 Å². The zero-order valence-corrected chi connectivity index (χ0v) is 15.5. The summed E-state index contributed by atoms with van der Waals surface area (Å²) in [6.07, 6.45) is -0.231. The lowest BCUT2D eigenvalue weighted by Gasteiger charge is -2.21. The first kappa shape index (κ1) is 17.3. The summed E-state index contributed by atoms with van der Waals surface area (Å²) in [5.41, 5.74) is 0.116. The summed E-state index contributed by atoms with van der Waals surface area (Å²) in [5.74, 6) is -1.57. The molecule has 2 aliphatic heterocycles. The molecule has 26 heavy (non-hydrogen) atoms. The molecule has 2 aromatic carbocycles. The fraction of sp³-hybridized carbons (Fsp3) is 0.167. The molecule has 0 aromatic heterocycles. The SMILES string of the molecule is O=C1CC2(C(=O)N1)C(=O)N(Cc1cc(Cl)cc(Cl)c1)c1ccc(Cl)cc12. The summed E-state index contributed by atoms with van der Waals surface area (Å²) in [4.78, 5) is 39.1. The number of nitrogens with zero attached hydrogens (tertiary/aromatic N) is 1. The Kier molecular flexibility index (Phi) is 3.99. The average molecular weight is 410 g/mol. The van der Waals surface area contributed by atoms with Crippen LogP contribution in [-0.2, 0) is 26.3 Å². The van der Waals surface area contributed by atoms with Crippen LogP contribution in [0.5, 0.6) is 0 Å². The van der Waals surface area contributed by atoms with Crippen molar-refractivity contribution in [1.29, 1.82) is 0 Å². The zero-order chi connectivity index (χ0) is 18.6. The normalized spacial score (nSPS) is 21.5. The van der Waals surface area contributed by atoms with E-state index in [1.54, 1.807) is 36.4 Å². The lowest BCUT2D eigenvalue weighted by atomic mass is 9.80. The summed E-state index contributed by atoms with van der Waals surface area (Å²) in [6, 6.07) is 9.86. The van der Waals surface area contributed by atoms with Gasteiger partial charge >= 0.3 is 0 Å². The van der Waals surface area contributed by atoms with Crippen LogP contribution < -0.4 is 10.2 Å². The summed E-state index contributed by atoms with van der Waals surface area (Å²) in [6.45, 7) is 0.164. The van der Waals surface area contributed by atoms with Crippen LogP contribution in [0, 0.1) is 0 Å². The van der Waals surface area contributed by atoms with Crippen molar-refractivity contribution in [2.24, 2.45) is 0 Å². The Morgan fingerprint density at radius 2 is 1.65 bits per heavy atom. The molecule has 1 unspecified atom stereocenters. The molecule has 2 aliphatic rings. The monoisotopic (exact) mass is 408 g/mol. The molecule has 1 spiro atoms. The summed E-state index contributed by atoms with van der Waals surface area (Å²) >= 11 is 18.2. The molecule has 0 saturated carbocycles. The molecule has 1 saturated heterocycles. The van der Waals surface area contributed by atoms with Crippen molar-refractivity contribution in [3.05, 3.63) is 62.6 Å². The van der Waals surface area contributed by atoms with Gasteiger partial charge in [-0.2, -0.15) is 0 Å². The number of anilines is 1. The van der Waals surface area contributed by atoms with Gasteiger partial charge in [0.05, 0.1) is 13.0 Å². The Morgan fingerprint density at radius 1 is 0.962 bits per heavy atom. The first-order valence-corrected chi connectivity index (χ1v) is 8.86. The van der Waals surface area contributed by atoms with E-state index in [9.17, 15) is 14.4 Å². The Hall–Kier alpha value is -2.08. The van der Waals surface area contributed by atoms with Gasteiger partial charge in [0.25, 0.3) is 0 Å². The lowest BCUT2D eigenvalue weighted by Crippen LogP contribution is -2.45. The van der Waals surface area contributed by atoms with Crippen molar-refractivity contribution in [3.8, 4) is 0 Å². The minimum Gasteiger partial charge on any atom is -0.306 e. The number of benzene rings is 2. The topological polar surface area (TPSA) is 66.5 Å². The minimum absolute atomic E-state index is 0.164. The van der Waals surface area contributed by atoms with E-state index in [1.807, 2.05) is 0 Å². The number of hydrogen-bond donors (Lipinski definition) is 1. The predicted octanol–water partition coefficient (Wildman–Crippen LogP) is 3.48. The lowest BCUT2D eigenvalue weighted by molar-refractivity contribution is -0.133. The maximum Gasteiger partial charge on any atom is 0.248 e. The van der Waals surface area contributed by atoms with Crippen molar-refractivity contribution in [1.82, 2.24) is 5.32 Å². The summed E-state index contributed by atoms with van der Waals surface area (Å²) in [7, 11) is 0. The number of fused-ring (bicyclic) bond motifs is 2. The van der Waals surface area contributed by atoms with E-state index in [1.165, 1.54) is 4.90 Å². The third kappa shape index (κ3) is 2.50. The van der Waals surface area contributed by atoms with Crippen LogP contribution in [0.3, 0.4) is 0 Å². The first-order valence-electron chi connectivity index (χ1n) is 7.72. The molecular weight excluding hydrogens is 399 g/mol. The van der Waals surface area contributed by atoms with E-state index in [0.717, 1.165) is 0 Å². The molecule has 1 atom stereocenters. The molecule has 4 rings (SSSR count). The molecule has 0 radical (unpaired) electrons. The Bertz CT molecular complexity index is 971. The highest BCUT2D eigenvalue weighted by Gasteiger charge is 2.61. The average Bonchev–Trinajstić information content (AvgIpc) is 2.96. The standard InChI is InChI=1S/C18H11Cl3N2O3/c19-10-1-2-14-13(6-10)18(7-15(24)22-16(18)25)17(26)23(14)8-9-3-11(20)5-12(21)4-9/h1-6H,7-8H2,(H,22,24,25). The molecular formula is C18H11Cl3N2O3. The summed E-state index contributed by atoms with van der Waals surface area (Å²) < 4.78 is 0. The van der Waals surface area contributed by atoms with Gasteiger partial charge in [0, 0.05) is 26.3 Å². The van der Waals surface area contributed by atoms with Crippen LogP contribution in [0.15, 0.2) is 36.4 Å². The molecule has 2 aromatic rings. The second kappa shape index (κ2) is 5.98. The van der Waals surface area contributed by atoms with Crippen molar-refractivity contribution in [3.63, 3.8) is 0 Å². The van der Waals surface area contributed by atoms with Crippen molar-refractivity contribution >= 4 is 58.2 Å². The van der Waals surface area contributed by atoms with Gasteiger partial charge in [-0.15, -0.1) is 0 Å². The van der Waals surface area contributed by atoms with Gasteiger partial charge in [0.1, 0.15) is 0 Å². The Morgan fingerprint density at radius 3 is 2.27 bits per heavy atom. The first-order chi connectivity index (χ1) is 12.3. The van der Waals surface area contributed by atoms with Crippen molar-refractivity contribution < 1.29 is 14.4 Å². The van der Waals surface area contributed by atoms with E-state index >= 15 is 0 Å². The molecule has 0 bridgehead atoms. The van der Waals surface area contributed by atoms with Gasteiger partial charge < -0.3 is 4.90 Å². The highest BCUT2D eigenvalue weighted by atomic mass is 35.5. The van der Waals surface area contributed by atoms with Gasteiger partial charge in [0.15, 0.2) is 5.41 Å². The third-order valence-electron chi connectivity index (χ3n) is 4.65. The number of imide groups is 1. The second-order valence-corrected chi connectivity index (χ2v) is 7.60. The van der Waals surface area contributed by atoms with Crippen LogP contribution >= 0.6 is 34.8 Å². The fourth-order valence-electron chi connectivity index (χ4n) is 3.57. The maximum atomic E-state index is 13.2. The largest absolute Gasteiger partial charge is 0.306 e. The number of carbonyl (C=O) groups excluding carboxylic acids is 3. The van der Waals surface area contributed by atoms with E-state index in [2.05, 4.69) is 5.32 Å².